The topological polar surface area (TPSA) is 118 Å². The highest BCUT2D eigenvalue weighted by molar-refractivity contribution is 5.67. The summed E-state index contributed by atoms with van der Waals surface area (Å²) < 4.78 is 5.90. The molecule has 0 aliphatic rings. The van der Waals surface area contributed by atoms with Gasteiger partial charge in [0.2, 0.25) is 11.8 Å². The third kappa shape index (κ3) is 2.50. The lowest BCUT2D eigenvalue weighted by atomic mass is 10.2. The van der Waals surface area contributed by atoms with Crippen molar-refractivity contribution in [2.75, 3.05) is 0 Å². The lowest BCUT2D eigenvalue weighted by Gasteiger charge is -2.09. The molecule has 0 amide bonds. The first kappa shape index (κ1) is 13.1. The molecule has 0 radical (unpaired) electrons. The molecular weight excluding hydrogens is 296 g/mol. The van der Waals surface area contributed by atoms with Gasteiger partial charge < -0.3 is 4.74 Å². The molecule has 112 valence electrons. The predicted octanol–water partition coefficient (Wildman–Crippen LogP) is 1.84. The average Bonchev–Trinajstić information content (AvgIpc) is 3.30. The van der Waals surface area contributed by atoms with E-state index in [9.17, 15) is 0 Å². The van der Waals surface area contributed by atoms with Gasteiger partial charge in [0.15, 0.2) is 0 Å². The molecule has 0 saturated carbocycles. The van der Waals surface area contributed by atoms with Crippen molar-refractivity contribution in [2.45, 2.75) is 0 Å². The van der Waals surface area contributed by atoms with Gasteiger partial charge in [-0.25, -0.2) is 9.97 Å². The molecule has 0 aromatic carbocycles. The van der Waals surface area contributed by atoms with Crippen molar-refractivity contribution in [3.05, 3.63) is 49.1 Å². The van der Waals surface area contributed by atoms with Gasteiger partial charge in [-0.15, -0.1) is 0 Å². The molecule has 4 heterocycles. The zero-order chi connectivity index (χ0) is 15.5. The lowest BCUT2D eigenvalue weighted by Crippen LogP contribution is -1.96. The maximum atomic E-state index is 5.90. The van der Waals surface area contributed by atoms with E-state index in [1.165, 1.54) is 0 Å². The summed E-state index contributed by atoms with van der Waals surface area (Å²) in [6.07, 6.45) is 6.47. The van der Waals surface area contributed by atoms with Crippen LogP contribution in [0.3, 0.4) is 0 Å². The van der Waals surface area contributed by atoms with Crippen molar-refractivity contribution in [3.63, 3.8) is 0 Å². The highest BCUT2D eigenvalue weighted by Crippen LogP contribution is 2.33. The third-order valence-corrected chi connectivity index (χ3v) is 3.12. The molecule has 0 saturated heterocycles. The third-order valence-electron chi connectivity index (χ3n) is 3.12. The van der Waals surface area contributed by atoms with E-state index in [-0.39, 0.29) is 0 Å². The van der Waals surface area contributed by atoms with Gasteiger partial charge in [-0.05, 0) is 24.3 Å². The molecule has 0 atom stereocenters. The molecule has 2 N–H and O–H groups in total. The minimum Gasteiger partial charge on any atom is -0.419 e. The maximum Gasteiger partial charge on any atom is 0.230 e. The van der Waals surface area contributed by atoms with Crippen molar-refractivity contribution in [1.29, 1.82) is 0 Å². The van der Waals surface area contributed by atoms with Crippen molar-refractivity contribution >= 4 is 0 Å². The van der Waals surface area contributed by atoms with E-state index in [0.29, 0.717) is 34.3 Å². The molecule has 0 bridgehead atoms. The number of ether oxygens (including phenoxy) is 1. The zero-order valence-electron chi connectivity index (χ0n) is 11.7. The molecule has 4 aromatic heterocycles. The SMILES string of the molecule is c1cnc(Oc2ncccc2-c2cn[nH]n2)c(-c2cn[nH]n2)c1. The predicted molar refractivity (Wildman–Crippen MR) is 79.3 cm³/mol. The number of hydrogen-bond acceptors (Lipinski definition) is 7. The van der Waals surface area contributed by atoms with Gasteiger partial charge in [-0.1, -0.05) is 0 Å². The van der Waals surface area contributed by atoms with Crippen molar-refractivity contribution in [2.24, 2.45) is 0 Å². The van der Waals surface area contributed by atoms with Crippen LogP contribution >= 0.6 is 0 Å². The summed E-state index contributed by atoms with van der Waals surface area (Å²) >= 11 is 0. The fraction of sp³-hybridized carbons (Fsp3) is 0. The molecule has 9 heteroatoms. The van der Waals surface area contributed by atoms with Crippen LogP contribution in [0.2, 0.25) is 0 Å². The Bertz CT molecular complexity index is 828. The number of nitrogens with zero attached hydrogens (tertiary/aromatic N) is 6. The smallest absolute Gasteiger partial charge is 0.230 e. The molecular formula is C14H10N8O. The van der Waals surface area contributed by atoms with E-state index in [1.807, 2.05) is 12.1 Å². The molecule has 23 heavy (non-hydrogen) atoms. The van der Waals surface area contributed by atoms with Gasteiger partial charge in [0.05, 0.1) is 23.5 Å². The number of aromatic nitrogens is 8. The van der Waals surface area contributed by atoms with Gasteiger partial charge in [0.1, 0.15) is 11.4 Å². The maximum absolute atomic E-state index is 5.90. The standard InChI is InChI=1S/C14H10N8O/c1-3-9(11-7-17-21-19-11)13(15-5-1)23-14-10(4-2-6-16-14)12-8-18-22-20-12/h1-8H,(H,17,19,21)(H,18,20,22). The Balaban J connectivity index is 1.76. The van der Waals surface area contributed by atoms with Gasteiger partial charge in [0.25, 0.3) is 0 Å². The molecule has 4 aromatic rings. The molecule has 0 aliphatic heterocycles. The number of nitrogens with one attached hydrogen (secondary N) is 2. The average molecular weight is 306 g/mol. The van der Waals surface area contributed by atoms with E-state index in [2.05, 4.69) is 40.8 Å². The summed E-state index contributed by atoms with van der Waals surface area (Å²) in [4.78, 5) is 8.53. The van der Waals surface area contributed by atoms with E-state index in [0.717, 1.165) is 0 Å². The Morgan fingerprint density at radius 2 is 1.26 bits per heavy atom. The Morgan fingerprint density at radius 3 is 1.70 bits per heavy atom. The Morgan fingerprint density at radius 1 is 0.739 bits per heavy atom. The van der Waals surface area contributed by atoms with E-state index >= 15 is 0 Å². The number of H-pyrrole nitrogens is 2. The second-order valence-corrected chi connectivity index (χ2v) is 4.52. The van der Waals surface area contributed by atoms with E-state index in [1.54, 1.807) is 36.9 Å². The normalized spacial score (nSPS) is 10.6. The Kier molecular flexibility index (Phi) is 3.20. The first-order chi connectivity index (χ1) is 11.4. The molecule has 4 rings (SSSR count). The van der Waals surface area contributed by atoms with Gasteiger partial charge in [-0.3, -0.25) is 0 Å². The summed E-state index contributed by atoms with van der Waals surface area (Å²) in [6.45, 7) is 0. The fourth-order valence-electron chi connectivity index (χ4n) is 2.09. The molecule has 0 aliphatic carbocycles. The second kappa shape index (κ2) is 5.64. The van der Waals surface area contributed by atoms with Crippen LogP contribution in [0.4, 0.5) is 0 Å². The van der Waals surface area contributed by atoms with Crippen LogP contribution in [0, 0.1) is 0 Å². The van der Waals surface area contributed by atoms with Crippen LogP contribution in [0.1, 0.15) is 0 Å². The highest BCUT2D eigenvalue weighted by atomic mass is 16.5. The lowest BCUT2D eigenvalue weighted by molar-refractivity contribution is 0.448. The van der Waals surface area contributed by atoms with Gasteiger partial charge in [-0.2, -0.15) is 30.8 Å². The minimum absolute atomic E-state index is 0.379. The summed E-state index contributed by atoms with van der Waals surface area (Å²) in [6, 6.07) is 7.29. The quantitative estimate of drug-likeness (QED) is 0.590. The van der Waals surface area contributed by atoms with E-state index < -0.39 is 0 Å². The Hall–Kier alpha value is -3.62. The monoisotopic (exact) mass is 306 g/mol. The van der Waals surface area contributed by atoms with Gasteiger partial charge >= 0.3 is 0 Å². The minimum atomic E-state index is 0.379. The Labute approximate surface area is 129 Å². The number of hydrogen-bond donors (Lipinski definition) is 2. The first-order valence-corrected chi connectivity index (χ1v) is 6.72. The van der Waals surface area contributed by atoms with Crippen LogP contribution in [-0.2, 0) is 0 Å². The van der Waals surface area contributed by atoms with Gasteiger partial charge in [0, 0.05) is 12.4 Å². The molecule has 0 unspecified atom stereocenters. The molecule has 0 fully saturated rings. The van der Waals surface area contributed by atoms with Crippen molar-refractivity contribution < 1.29 is 4.74 Å². The molecule has 0 spiro atoms. The van der Waals surface area contributed by atoms with Crippen molar-refractivity contribution in [3.8, 4) is 34.3 Å². The molecule has 9 nitrogen and oxygen atoms in total. The van der Waals surface area contributed by atoms with Crippen LogP contribution in [0.5, 0.6) is 11.8 Å². The zero-order valence-corrected chi connectivity index (χ0v) is 11.7. The number of rotatable bonds is 4. The highest BCUT2D eigenvalue weighted by Gasteiger charge is 2.15. The number of aromatic amines is 2. The fourth-order valence-corrected chi connectivity index (χ4v) is 2.09. The van der Waals surface area contributed by atoms with Crippen LogP contribution < -0.4 is 4.74 Å². The summed E-state index contributed by atoms with van der Waals surface area (Å²) in [5.74, 6) is 0.759. The van der Waals surface area contributed by atoms with Crippen molar-refractivity contribution in [1.82, 2.24) is 40.8 Å². The van der Waals surface area contributed by atoms with Crippen LogP contribution in [-0.4, -0.2) is 40.8 Å². The number of pyridine rings is 2. The largest absolute Gasteiger partial charge is 0.419 e. The second-order valence-electron chi connectivity index (χ2n) is 4.52. The summed E-state index contributed by atoms with van der Waals surface area (Å²) in [5.41, 5.74) is 2.68. The summed E-state index contributed by atoms with van der Waals surface area (Å²) in [7, 11) is 0. The first-order valence-electron chi connectivity index (χ1n) is 6.72. The van der Waals surface area contributed by atoms with Crippen LogP contribution in [0.15, 0.2) is 49.1 Å². The summed E-state index contributed by atoms with van der Waals surface area (Å²) in [5, 5.41) is 20.9. The van der Waals surface area contributed by atoms with E-state index in [4.69, 9.17) is 4.74 Å². The van der Waals surface area contributed by atoms with Crippen LogP contribution in [0.25, 0.3) is 22.5 Å².